The van der Waals surface area contributed by atoms with E-state index in [2.05, 4.69) is 26.2 Å². The van der Waals surface area contributed by atoms with Crippen LogP contribution in [-0.2, 0) is 17.8 Å². The number of fused-ring (bicyclic) bond motifs is 2. The predicted octanol–water partition coefficient (Wildman–Crippen LogP) is 3.02. The summed E-state index contributed by atoms with van der Waals surface area (Å²) in [6.07, 6.45) is 0.807. The van der Waals surface area contributed by atoms with Crippen LogP contribution >= 0.6 is 23.5 Å². The molecule has 110 valence electrons. The summed E-state index contributed by atoms with van der Waals surface area (Å²) in [4.78, 5) is 13.6. The Morgan fingerprint density at radius 1 is 1.18 bits per heavy atom. The van der Waals surface area contributed by atoms with Gasteiger partial charge in [-0.05, 0) is 35.7 Å². The molecule has 1 amide bonds. The van der Waals surface area contributed by atoms with Crippen molar-refractivity contribution in [1.82, 2.24) is 14.1 Å². The van der Waals surface area contributed by atoms with Crippen LogP contribution in [-0.4, -0.2) is 19.9 Å². The molecule has 0 radical (unpaired) electrons. The molecule has 1 aliphatic heterocycles. The van der Waals surface area contributed by atoms with E-state index in [1.165, 1.54) is 22.2 Å². The first-order chi connectivity index (χ1) is 10.8. The Balaban J connectivity index is 1.41. The maximum Gasteiger partial charge on any atom is 0.234 e. The van der Waals surface area contributed by atoms with E-state index in [4.69, 9.17) is 0 Å². The smallest absolute Gasteiger partial charge is 0.234 e. The van der Waals surface area contributed by atoms with E-state index in [0.717, 1.165) is 23.0 Å². The van der Waals surface area contributed by atoms with Gasteiger partial charge >= 0.3 is 0 Å². The summed E-state index contributed by atoms with van der Waals surface area (Å²) < 4.78 is 8.41. The van der Waals surface area contributed by atoms with E-state index in [9.17, 15) is 4.79 Å². The highest BCUT2D eigenvalue weighted by atomic mass is 32.2. The first-order valence-electron chi connectivity index (χ1n) is 7.03. The monoisotopic (exact) mass is 327 g/mol. The van der Waals surface area contributed by atoms with Crippen molar-refractivity contribution < 1.29 is 4.79 Å². The quantitative estimate of drug-likeness (QED) is 0.803. The number of nitrogens with zero attached hydrogens (tertiary/aromatic N) is 2. The summed E-state index contributed by atoms with van der Waals surface area (Å²) in [5, 5.41) is 3.00. The minimum absolute atomic E-state index is 0.0259. The van der Waals surface area contributed by atoms with E-state index in [1.54, 1.807) is 11.8 Å². The van der Waals surface area contributed by atoms with E-state index in [-0.39, 0.29) is 11.2 Å². The normalized spacial score (nSPS) is 16.6. The Kier molecular flexibility index (Phi) is 3.56. The van der Waals surface area contributed by atoms with E-state index in [0.29, 0.717) is 6.54 Å². The van der Waals surface area contributed by atoms with Crippen molar-refractivity contribution in [2.75, 3.05) is 0 Å². The molecule has 1 aliphatic rings. The van der Waals surface area contributed by atoms with Gasteiger partial charge in [-0.3, -0.25) is 4.79 Å². The summed E-state index contributed by atoms with van der Waals surface area (Å²) in [6.45, 7) is 0.527. The number of carbonyl (C=O) groups is 1. The van der Waals surface area contributed by atoms with Gasteiger partial charge in [-0.1, -0.05) is 24.3 Å². The molecule has 0 unspecified atom stereocenters. The first kappa shape index (κ1) is 13.7. The van der Waals surface area contributed by atoms with Crippen LogP contribution in [0.2, 0.25) is 0 Å². The Bertz CT molecular complexity index is 821. The maximum absolute atomic E-state index is 12.3. The third-order valence-corrected chi connectivity index (χ3v) is 5.60. The number of hydrogen-bond acceptors (Lipinski definition) is 5. The Labute approximate surface area is 136 Å². The number of benzene rings is 2. The van der Waals surface area contributed by atoms with Crippen molar-refractivity contribution in [2.45, 2.75) is 23.1 Å². The molecule has 4 nitrogen and oxygen atoms in total. The topological polar surface area (TPSA) is 54.9 Å². The maximum atomic E-state index is 12.3. The molecule has 2 aromatic carbocycles. The SMILES string of the molecule is O=C(NCc1ccc2nsnc2c1)[C@@H]1Cc2ccccc2S1. The average molecular weight is 327 g/mol. The van der Waals surface area contributed by atoms with Crippen LogP contribution in [0.3, 0.4) is 0 Å². The fraction of sp³-hybridized carbons (Fsp3) is 0.188. The lowest BCUT2D eigenvalue weighted by molar-refractivity contribution is -0.120. The van der Waals surface area contributed by atoms with Crippen LogP contribution in [0.5, 0.6) is 0 Å². The second-order valence-electron chi connectivity index (χ2n) is 5.22. The standard InChI is InChI=1S/C16H13N3OS2/c20-16(15-8-11-3-1-2-4-14(11)21-15)17-9-10-5-6-12-13(7-10)19-22-18-12/h1-7,15H,8-9H2,(H,17,20)/t15-/m0/s1. The highest BCUT2D eigenvalue weighted by Crippen LogP contribution is 2.36. The fourth-order valence-corrected chi connectivity index (χ4v) is 4.31. The third-order valence-electron chi connectivity index (χ3n) is 3.72. The lowest BCUT2D eigenvalue weighted by atomic mass is 10.1. The number of thioether (sulfide) groups is 1. The zero-order valence-electron chi connectivity index (χ0n) is 11.7. The Morgan fingerprint density at radius 2 is 2.05 bits per heavy atom. The molecule has 4 rings (SSSR count). The van der Waals surface area contributed by atoms with Crippen LogP contribution in [0.4, 0.5) is 0 Å². The molecule has 0 aliphatic carbocycles. The van der Waals surface area contributed by atoms with Crippen molar-refractivity contribution in [3.63, 3.8) is 0 Å². The fourth-order valence-electron chi connectivity index (χ4n) is 2.57. The van der Waals surface area contributed by atoms with Gasteiger partial charge < -0.3 is 5.32 Å². The van der Waals surface area contributed by atoms with Crippen LogP contribution < -0.4 is 5.32 Å². The number of carbonyl (C=O) groups excluding carboxylic acids is 1. The molecule has 2 heterocycles. The second-order valence-corrected chi connectivity index (χ2v) is 7.00. The molecule has 6 heteroatoms. The van der Waals surface area contributed by atoms with Gasteiger partial charge in [0.15, 0.2) is 0 Å². The lowest BCUT2D eigenvalue weighted by Gasteiger charge is -2.10. The van der Waals surface area contributed by atoms with Gasteiger partial charge in [0.05, 0.1) is 17.0 Å². The number of amides is 1. The van der Waals surface area contributed by atoms with Crippen molar-refractivity contribution in [3.05, 3.63) is 53.6 Å². The zero-order valence-corrected chi connectivity index (χ0v) is 13.3. The second kappa shape index (κ2) is 5.70. The van der Waals surface area contributed by atoms with Crippen LogP contribution in [0.15, 0.2) is 47.4 Å². The number of rotatable bonds is 3. The first-order valence-corrected chi connectivity index (χ1v) is 8.64. The number of aromatic nitrogens is 2. The van der Waals surface area contributed by atoms with Crippen LogP contribution in [0, 0.1) is 0 Å². The molecule has 0 saturated heterocycles. The number of hydrogen-bond donors (Lipinski definition) is 1. The van der Waals surface area contributed by atoms with Crippen molar-refractivity contribution in [1.29, 1.82) is 0 Å². The van der Waals surface area contributed by atoms with Crippen molar-refractivity contribution in [2.24, 2.45) is 0 Å². The third kappa shape index (κ3) is 2.60. The average Bonchev–Trinajstić information content (AvgIpc) is 3.18. The lowest BCUT2D eigenvalue weighted by Crippen LogP contribution is -2.31. The highest BCUT2D eigenvalue weighted by Gasteiger charge is 2.27. The van der Waals surface area contributed by atoms with Gasteiger partial charge in [0, 0.05) is 11.4 Å². The van der Waals surface area contributed by atoms with Gasteiger partial charge in [0.2, 0.25) is 5.91 Å². The molecule has 0 spiro atoms. The van der Waals surface area contributed by atoms with Gasteiger partial charge in [0.1, 0.15) is 11.0 Å². The molecule has 0 fully saturated rings. The van der Waals surface area contributed by atoms with Crippen LogP contribution in [0.25, 0.3) is 11.0 Å². The molecule has 1 atom stereocenters. The summed E-state index contributed by atoms with van der Waals surface area (Å²) in [7, 11) is 0. The summed E-state index contributed by atoms with van der Waals surface area (Å²) in [5.74, 6) is 0.0951. The number of nitrogens with one attached hydrogen (secondary N) is 1. The Hall–Kier alpha value is -1.92. The minimum Gasteiger partial charge on any atom is -0.351 e. The summed E-state index contributed by atoms with van der Waals surface area (Å²) in [5.41, 5.74) is 4.11. The van der Waals surface area contributed by atoms with Gasteiger partial charge in [0.25, 0.3) is 0 Å². The van der Waals surface area contributed by atoms with Gasteiger partial charge in [-0.25, -0.2) is 0 Å². The van der Waals surface area contributed by atoms with Crippen LogP contribution in [0.1, 0.15) is 11.1 Å². The minimum atomic E-state index is -0.0259. The van der Waals surface area contributed by atoms with Crippen molar-refractivity contribution in [3.8, 4) is 0 Å². The molecular formula is C16H13N3OS2. The van der Waals surface area contributed by atoms with Gasteiger partial charge in [-0.15, -0.1) is 11.8 Å². The highest BCUT2D eigenvalue weighted by molar-refractivity contribution is 8.01. The van der Waals surface area contributed by atoms with E-state index in [1.807, 2.05) is 30.3 Å². The molecule has 3 aromatic rings. The summed E-state index contributed by atoms with van der Waals surface area (Å²) in [6, 6.07) is 14.1. The molecule has 0 bridgehead atoms. The van der Waals surface area contributed by atoms with Gasteiger partial charge in [-0.2, -0.15) is 8.75 Å². The van der Waals surface area contributed by atoms with Crippen molar-refractivity contribution >= 4 is 40.4 Å². The molecule has 1 N–H and O–H groups in total. The van der Waals surface area contributed by atoms with E-state index < -0.39 is 0 Å². The summed E-state index contributed by atoms with van der Waals surface area (Å²) >= 11 is 2.86. The Morgan fingerprint density at radius 3 is 2.95 bits per heavy atom. The predicted molar refractivity (Wildman–Crippen MR) is 89.1 cm³/mol. The zero-order chi connectivity index (χ0) is 14.9. The van der Waals surface area contributed by atoms with E-state index >= 15 is 0 Å². The molecule has 0 saturated carbocycles. The molecule has 22 heavy (non-hydrogen) atoms. The molecular weight excluding hydrogens is 314 g/mol. The largest absolute Gasteiger partial charge is 0.351 e. The molecule has 1 aromatic heterocycles.